The standard InChI is InChI=1S/C13H17F2NO2/c1-3-8-18-13(17)10-4-6-11(7-5-10)16-9(2)12(14)15/h4-7,9,12,16H,3,8H2,1-2H3. The molecule has 0 aliphatic carbocycles. The second-order valence-electron chi connectivity index (χ2n) is 3.98. The van der Waals surface area contributed by atoms with Gasteiger partial charge in [-0.25, -0.2) is 13.6 Å². The van der Waals surface area contributed by atoms with Crippen LogP contribution < -0.4 is 5.32 Å². The number of esters is 1. The molecule has 0 spiro atoms. The van der Waals surface area contributed by atoms with Crippen molar-refractivity contribution in [3.8, 4) is 0 Å². The summed E-state index contributed by atoms with van der Waals surface area (Å²) in [5, 5.41) is 2.65. The number of rotatable bonds is 6. The van der Waals surface area contributed by atoms with E-state index in [1.807, 2.05) is 6.92 Å². The number of hydrogen-bond acceptors (Lipinski definition) is 3. The lowest BCUT2D eigenvalue weighted by molar-refractivity contribution is 0.0505. The Kier molecular flexibility index (Phi) is 5.55. The highest BCUT2D eigenvalue weighted by Gasteiger charge is 2.14. The Morgan fingerprint density at radius 2 is 1.94 bits per heavy atom. The largest absolute Gasteiger partial charge is 0.462 e. The fourth-order valence-electron chi connectivity index (χ4n) is 1.31. The minimum absolute atomic E-state index is 0.376. The van der Waals surface area contributed by atoms with Crippen LogP contribution in [0, 0.1) is 0 Å². The van der Waals surface area contributed by atoms with Crippen molar-refractivity contribution in [1.29, 1.82) is 0 Å². The van der Waals surface area contributed by atoms with Crippen molar-refractivity contribution in [1.82, 2.24) is 0 Å². The third-order valence-electron chi connectivity index (χ3n) is 2.33. The third kappa shape index (κ3) is 4.31. The van der Waals surface area contributed by atoms with Crippen LogP contribution in [0.4, 0.5) is 14.5 Å². The average Bonchev–Trinajstić information content (AvgIpc) is 2.36. The molecule has 5 heteroatoms. The SMILES string of the molecule is CCCOC(=O)c1ccc(NC(C)C(F)F)cc1. The normalized spacial score (nSPS) is 12.3. The molecule has 1 aromatic rings. The van der Waals surface area contributed by atoms with Gasteiger partial charge in [-0.1, -0.05) is 6.92 Å². The van der Waals surface area contributed by atoms with E-state index in [0.29, 0.717) is 17.9 Å². The molecule has 1 rings (SSSR count). The number of hydrogen-bond donors (Lipinski definition) is 1. The molecule has 0 aliphatic heterocycles. The first-order valence-electron chi connectivity index (χ1n) is 5.86. The predicted octanol–water partition coefficient (Wildman–Crippen LogP) is 3.32. The monoisotopic (exact) mass is 257 g/mol. The first-order chi connectivity index (χ1) is 8.54. The maximum Gasteiger partial charge on any atom is 0.338 e. The number of anilines is 1. The Morgan fingerprint density at radius 3 is 2.44 bits per heavy atom. The van der Waals surface area contributed by atoms with Crippen LogP contribution in [-0.4, -0.2) is 25.0 Å². The van der Waals surface area contributed by atoms with Gasteiger partial charge in [0.05, 0.1) is 18.2 Å². The molecule has 18 heavy (non-hydrogen) atoms. The molecule has 1 aromatic carbocycles. The van der Waals surface area contributed by atoms with E-state index in [9.17, 15) is 13.6 Å². The zero-order chi connectivity index (χ0) is 13.5. The highest BCUT2D eigenvalue weighted by molar-refractivity contribution is 5.89. The van der Waals surface area contributed by atoms with E-state index in [-0.39, 0.29) is 0 Å². The van der Waals surface area contributed by atoms with Crippen LogP contribution in [0.3, 0.4) is 0 Å². The Labute approximate surface area is 105 Å². The van der Waals surface area contributed by atoms with Crippen molar-refractivity contribution in [3.05, 3.63) is 29.8 Å². The molecule has 0 heterocycles. The summed E-state index contributed by atoms with van der Waals surface area (Å²) in [6, 6.07) is 5.35. The van der Waals surface area contributed by atoms with Crippen LogP contribution in [-0.2, 0) is 4.74 Å². The zero-order valence-corrected chi connectivity index (χ0v) is 10.5. The lowest BCUT2D eigenvalue weighted by Gasteiger charge is -2.14. The Bertz CT molecular complexity index is 379. The van der Waals surface area contributed by atoms with E-state index in [2.05, 4.69) is 5.32 Å². The smallest absolute Gasteiger partial charge is 0.338 e. The fourth-order valence-corrected chi connectivity index (χ4v) is 1.31. The molecule has 100 valence electrons. The number of alkyl halides is 2. The van der Waals surface area contributed by atoms with E-state index >= 15 is 0 Å². The van der Waals surface area contributed by atoms with Crippen LogP contribution in [0.15, 0.2) is 24.3 Å². The molecule has 0 aromatic heterocycles. The highest BCUT2D eigenvalue weighted by atomic mass is 19.3. The van der Waals surface area contributed by atoms with Crippen LogP contribution in [0.5, 0.6) is 0 Å². The maximum atomic E-state index is 12.3. The second kappa shape index (κ2) is 6.93. The molecule has 0 fully saturated rings. The van der Waals surface area contributed by atoms with Gasteiger partial charge < -0.3 is 10.1 Å². The summed E-state index contributed by atoms with van der Waals surface area (Å²) >= 11 is 0. The van der Waals surface area contributed by atoms with Crippen molar-refractivity contribution < 1.29 is 18.3 Å². The quantitative estimate of drug-likeness (QED) is 0.794. The van der Waals surface area contributed by atoms with Crippen LogP contribution in [0.1, 0.15) is 30.6 Å². The summed E-state index contributed by atoms with van der Waals surface area (Å²) in [6.07, 6.45) is -1.67. The third-order valence-corrected chi connectivity index (χ3v) is 2.33. The number of nitrogens with one attached hydrogen (secondary N) is 1. The molecule has 0 bridgehead atoms. The number of benzene rings is 1. The van der Waals surface area contributed by atoms with Crippen molar-refractivity contribution in [2.75, 3.05) is 11.9 Å². The second-order valence-corrected chi connectivity index (χ2v) is 3.98. The molecule has 3 nitrogen and oxygen atoms in total. The number of ether oxygens (including phenoxy) is 1. The van der Waals surface area contributed by atoms with Gasteiger partial charge in [0.15, 0.2) is 0 Å². The summed E-state index contributed by atoms with van der Waals surface area (Å²) in [6.45, 7) is 3.68. The van der Waals surface area contributed by atoms with Gasteiger partial charge in [0.1, 0.15) is 0 Å². The Hall–Kier alpha value is -1.65. The summed E-state index contributed by atoms with van der Waals surface area (Å²) in [5.74, 6) is -0.398. The molecule has 0 aliphatic rings. The maximum absolute atomic E-state index is 12.3. The van der Waals surface area contributed by atoms with Crippen LogP contribution >= 0.6 is 0 Å². The van der Waals surface area contributed by atoms with Gasteiger partial charge in [-0.05, 0) is 37.6 Å². The van der Waals surface area contributed by atoms with Crippen molar-refractivity contribution in [2.24, 2.45) is 0 Å². The number of carbonyl (C=O) groups excluding carboxylic acids is 1. The molecule has 0 saturated carbocycles. The van der Waals surface area contributed by atoms with E-state index in [4.69, 9.17) is 4.74 Å². The molecule has 1 N–H and O–H groups in total. The number of carbonyl (C=O) groups is 1. The van der Waals surface area contributed by atoms with Crippen LogP contribution in [0.2, 0.25) is 0 Å². The van der Waals surface area contributed by atoms with E-state index in [0.717, 1.165) is 6.42 Å². The fraction of sp³-hybridized carbons (Fsp3) is 0.462. The molecule has 1 unspecified atom stereocenters. The topological polar surface area (TPSA) is 38.3 Å². The molecule has 0 saturated heterocycles. The van der Waals surface area contributed by atoms with Gasteiger partial charge in [0, 0.05) is 5.69 Å². The van der Waals surface area contributed by atoms with Gasteiger partial charge in [-0.2, -0.15) is 0 Å². The van der Waals surface area contributed by atoms with Crippen molar-refractivity contribution in [2.45, 2.75) is 32.7 Å². The molecule has 1 atom stereocenters. The van der Waals surface area contributed by atoms with Gasteiger partial charge in [0.25, 0.3) is 6.43 Å². The molecular weight excluding hydrogens is 240 g/mol. The van der Waals surface area contributed by atoms with Crippen LogP contribution in [0.25, 0.3) is 0 Å². The molecular formula is C13H17F2NO2. The summed E-state index contributed by atoms with van der Waals surface area (Å²) < 4.78 is 29.6. The lowest BCUT2D eigenvalue weighted by atomic mass is 10.2. The lowest BCUT2D eigenvalue weighted by Crippen LogP contribution is -2.23. The Balaban J connectivity index is 2.59. The zero-order valence-electron chi connectivity index (χ0n) is 10.5. The van der Waals surface area contributed by atoms with E-state index < -0.39 is 18.4 Å². The highest BCUT2D eigenvalue weighted by Crippen LogP contribution is 2.14. The van der Waals surface area contributed by atoms with E-state index in [1.54, 1.807) is 24.3 Å². The summed E-state index contributed by atoms with van der Waals surface area (Å²) in [7, 11) is 0. The minimum atomic E-state index is -2.43. The van der Waals surface area contributed by atoms with Crippen molar-refractivity contribution in [3.63, 3.8) is 0 Å². The molecule has 0 radical (unpaired) electrons. The van der Waals surface area contributed by atoms with Gasteiger partial charge in [-0.15, -0.1) is 0 Å². The van der Waals surface area contributed by atoms with Gasteiger partial charge >= 0.3 is 5.97 Å². The molecule has 0 amide bonds. The average molecular weight is 257 g/mol. The Morgan fingerprint density at radius 1 is 1.33 bits per heavy atom. The minimum Gasteiger partial charge on any atom is -0.462 e. The first kappa shape index (κ1) is 14.4. The van der Waals surface area contributed by atoms with Gasteiger partial charge in [-0.3, -0.25) is 0 Å². The summed E-state index contributed by atoms with van der Waals surface area (Å²) in [5.41, 5.74) is 0.966. The predicted molar refractivity (Wildman–Crippen MR) is 66.1 cm³/mol. The van der Waals surface area contributed by atoms with Gasteiger partial charge in [0.2, 0.25) is 0 Å². The number of halogens is 2. The first-order valence-corrected chi connectivity index (χ1v) is 5.86. The van der Waals surface area contributed by atoms with Crippen molar-refractivity contribution >= 4 is 11.7 Å². The van der Waals surface area contributed by atoms with E-state index in [1.165, 1.54) is 6.92 Å². The summed E-state index contributed by atoms with van der Waals surface area (Å²) in [4.78, 5) is 11.5.